The molecule has 1 aliphatic rings. The van der Waals surface area contributed by atoms with E-state index in [0.717, 1.165) is 10.6 Å². The molecule has 0 saturated carbocycles. The van der Waals surface area contributed by atoms with Crippen LogP contribution in [0.1, 0.15) is 13.3 Å². The first-order valence-electron chi connectivity index (χ1n) is 9.31. The van der Waals surface area contributed by atoms with Crippen molar-refractivity contribution in [2.75, 3.05) is 23.7 Å². The highest BCUT2D eigenvalue weighted by atomic mass is 35.5. The maximum absolute atomic E-state index is 12.9. The Hall–Kier alpha value is -2.16. The van der Waals surface area contributed by atoms with Gasteiger partial charge in [0.2, 0.25) is 15.9 Å². The number of sulfonamides is 1. The third-order valence-corrected chi connectivity index (χ3v) is 6.27. The average molecular weight is 473 g/mol. The summed E-state index contributed by atoms with van der Waals surface area (Å²) < 4.78 is 37.6. The summed E-state index contributed by atoms with van der Waals surface area (Å²) in [5, 5.41) is 3.25. The number of amides is 1. The van der Waals surface area contributed by atoms with Gasteiger partial charge in [-0.2, -0.15) is 0 Å². The lowest BCUT2D eigenvalue weighted by atomic mass is 10.2. The first-order chi connectivity index (χ1) is 14.2. The molecule has 1 heterocycles. The lowest BCUT2D eigenvalue weighted by Crippen LogP contribution is -2.51. The number of halogens is 2. The number of para-hydroxylation sites is 2. The summed E-state index contributed by atoms with van der Waals surface area (Å²) in [6, 6.07) is 10.7. The number of ether oxygens (including phenoxy) is 2. The summed E-state index contributed by atoms with van der Waals surface area (Å²) in [7, 11) is -3.82. The molecule has 0 bridgehead atoms. The van der Waals surface area contributed by atoms with E-state index in [0.29, 0.717) is 16.5 Å². The Kier molecular flexibility index (Phi) is 7.00. The quantitative estimate of drug-likeness (QED) is 0.666. The number of rotatable bonds is 7. The monoisotopic (exact) mass is 472 g/mol. The van der Waals surface area contributed by atoms with E-state index in [-0.39, 0.29) is 30.3 Å². The third-order valence-electron chi connectivity index (χ3n) is 4.55. The van der Waals surface area contributed by atoms with Crippen LogP contribution in [0.4, 0.5) is 5.69 Å². The van der Waals surface area contributed by atoms with Gasteiger partial charge in [-0.05, 0) is 36.8 Å². The van der Waals surface area contributed by atoms with Gasteiger partial charge in [-0.15, -0.1) is 0 Å². The van der Waals surface area contributed by atoms with Crippen molar-refractivity contribution in [1.29, 1.82) is 0 Å². The van der Waals surface area contributed by atoms with Crippen molar-refractivity contribution in [2.45, 2.75) is 25.5 Å². The van der Waals surface area contributed by atoms with Gasteiger partial charge in [-0.3, -0.25) is 9.10 Å². The third kappa shape index (κ3) is 5.11. The van der Waals surface area contributed by atoms with Crippen LogP contribution in [0.5, 0.6) is 11.5 Å². The van der Waals surface area contributed by atoms with Gasteiger partial charge in [0, 0.05) is 5.02 Å². The van der Waals surface area contributed by atoms with Crippen molar-refractivity contribution in [3.05, 3.63) is 52.5 Å². The molecular formula is C20H22Cl2N2O5S. The number of carbonyl (C=O) groups is 1. The van der Waals surface area contributed by atoms with Crippen molar-refractivity contribution in [1.82, 2.24) is 5.32 Å². The van der Waals surface area contributed by atoms with E-state index in [4.69, 9.17) is 32.7 Å². The van der Waals surface area contributed by atoms with E-state index in [1.54, 1.807) is 25.1 Å². The van der Waals surface area contributed by atoms with E-state index in [2.05, 4.69) is 5.32 Å². The van der Waals surface area contributed by atoms with Crippen LogP contribution in [0.3, 0.4) is 0 Å². The predicted molar refractivity (Wildman–Crippen MR) is 117 cm³/mol. The van der Waals surface area contributed by atoms with Gasteiger partial charge in [0.25, 0.3) is 0 Å². The number of fused-ring (bicyclic) bond motifs is 1. The van der Waals surface area contributed by atoms with E-state index in [1.165, 1.54) is 12.1 Å². The molecule has 0 spiro atoms. The number of nitrogens with zero attached hydrogens (tertiary/aromatic N) is 1. The highest BCUT2D eigenvalue weighted by Gasteiger charge is 2.33. The minimum absolute atomic E-state index is 0.153. The standard InChI is InChI=1S/C20H22Cl2N2O5S/c1-3-16(24(30(2,26)27)17-10-13(21)8-9-15(17)22)20(25)23-11-14-12-28-18-6-4-5-7-19(18)29-14/h4-10,14,16H,3,11-12H2,1-2H3,(H,23,25)/t14-,16-/m0/s1. The summed E-state index contributed by atoms with van der Waals surface area (Å²) in [6.07, 6.45) is 0.852. The molecule has 1 N–H and O–H groups in total. The van der Waals surface area contributed by atoms with E-state index >= 15 is 0 Å². The molecule has 0 radical (unpaired) electrons. The molecule has 0 saturated heterocycles. The second-order valence-corrected chi connectivity index (χ2v) is 9.52. The summed E-state index contributed by atoms with van der Waals surface area (Å²) in [6.45, 7) is 2.14. The number of anilines is 1. The minimum atomic E-state index is -3.82. The zero-order chi connectivity index (χ0) is 21.9. The van der Waals surface area contributed by atoms with Crippen LogP contribution in [0.15, 0.2) is 42.5 Å². The fourth-order valence-corrected chi connectivity index (χ4v) is 4.83. The van der Waals surface area contributed by atoms with E-state index in [9.17, 15) is 13.2 Å². The van der Waals surface area contributed by atoms with Crippen LogP contribution in [0.2, 0.25) is 10.0 Å². The van der Waals surface area contributed by atoms with Crippen molar-refractivity contribution in [3.63, 3.8) is 0 Å². The fourth-order valence-electron chi connectivity index (χ4n) is 3.19. The molecule has 3 rings (SSSR count). The van der Waals surface area contributed by atoms with Gasteiger partial charge >= 0.3 is 0 Å². The molecule has 7 nitrogen and oxygen atoms in total. The molecule has 0 aliphatic carbocycles. The molecule has 1 aliphatic heterocycles. The zero-order valence-corrected chi connectivity index (χ0v) is 18.8. The van der Waals surface area contributed by atoms with Crippen LogP contribution < -0.4 is 19.1 Å². The number of hydrogen-bond donors (Lipinski definition) is 1. The van der Waals surface area contributed by atoms with Crippen molar-refractivity contribution >= 4 is 44.8 Å². The second kappa shape index (κ2) is 9.32. The Bertz CT molecular complexity index is 1030. The summed E-state index contributed by atoms with van der Waals surface area (Å²) in [5.41, 5.74) is 0.153. The summed E-state index contributed by atoms with van der Waals surface area (Å²) >= 11 is 12.2. The predicted octanol–water partition coefficient (Wildman–Crippen LogP) is 3.49. The number of nitrogens with one attached hydrogen (secondary N) is 1. The van der Waals surface area contributed by atoms with Crippen LogP contribution >= 0.6 is 23.2 Å². The molecule has 30 heavy (non-hydrogen) atoms. The lowest BCUT2D eigenvalue weighted by molar-refractivity contribution is -0.122. The van der Waals surface area contributed by atoms with Crippen LogP contribution in [-0.4, -0.2) is 45.9 Å². The zero-order valence-electron chi connectivity index (χ0n) is 16.5. The molecular weight excluding hydrogens is 451 g/mol. The molecule has 2 atom stereocenters. The molecule has 162 valence electrons. The first-order valence-corrected chi connectivity index (χ1v) is 11.9. The SMILES string of the molecule is CC[C@@H](C(=O)NC[C@H]1COc2ccccc2O1)N(c1cc(Cl)ccc1Cl)S(C)(=O)=O. The lowest BCUT2D eigenvalue weighted by Gasteiger charge is -2.32. The highest BCUT2D eigenvalue weighted by molar-refractivity contribution is 7.92. The van der Waals surface area contributed by atoms with Gasteiger partial charge < -0.3 is 14.8 Å². The Morgan fingerprint density at radius 1 is 1.23 bits per heavy atom. The average Bonchev–Trinajstić information content (AvgIpc) is 2.71. The normalized spacial score (nSPS) is 16.6. The largest absolute Gasteiger partial charge is 0.486 e. The number of hydrogen-bond acceptors (Lipinski definition) is 5. The highest BCUT2D eigenvalue weighted by Crippen LogP contribution is 2.33. The molecule has 10 heteroatoms. The Balaban J connectivity index is 1.76. The van der Waals surface area contributed by atoms with Gasteiger partial charge in [0.05, 0.1) is 23.5 Å². The molecule has 0 fully saturated rings. The molecule has 0 unspecified atom stereocenters. The topological polar surface area (TPSA) is 84.9 Å². The van der Waals surface area contributed by atoms with Gasteiger partial charge in [-0.25, -0.2) is 8.42 Å². The molecule has 2 aromatic rings. The number of carbonyl (C=O) groups excluding carboxylic acids is 1. The minimum Gasteiger partial charge on any atom is -0.486 e. The summed E-state index contributed by atoms with van der Waals surface area (Å²) in [4.78, 5) is 12.9. The molecule has 0 aromatic heterocycles. The Morgan fingerprint density at radius 3 is 2.60 bits per heavy atom. The van der Waals surface area contributed by atoms with Crippen molar-refractivity contribution < 1.29 is 22.7 Å². The van der Waals surface area contributed by atoms with E-state index in [1.807, 2.05) is 12.1 Å². The fraction of sp³-hybridized carbons (Fsp3) is 0.350. The first kappa shape index (κ1) is 22.5. The van der Waals surface area contributed by atoms with Crippen LogP contribution in [0.25, 0.3) is 0 Å². The Labute approximate surface area is 185 Å². The van der Waals surface area contributed by atoms with Crippen molar-refractivity contribution in [3.8, 4) is 11.5 Å². The van der Waals surface area contributed by atoms with Crippen LogP contribution in [0, 0.1) is 0 Å². The van der Waals surface area contributed by atoms with Gasteiger partial charge in [0.1, 0.15) is 18.8 Å². The van der Waals surface area contributed by atoms with Crippen molar-refractivity contribution in [2.24, 2.45) is 0 Å². The molecule has 2 aromatic carbocycles. The van der Waals surface area contributed by atoms with Gasteiger partial charge in [-0.1, -0.05) is 42.3 Å². The molecule has 1 amide bonds. The summed E-state index contributed by atoms with van der Waals surface area (Å²) in [5.74, 6) is 0.769. The van der Waals surface area contributed by atoms with Crippen LogP contribution in [-0.2, 0) is 14.8 Å². The number of benzene rings is 2. The van der Waals surface area contributed by atoms with E-state index < -0.39 is 28.1 Å². The smallest absolute Gasteiger partial charge is 0.244 e. The van der Waals surface area contributed by atoms with Gasteiger partial charge in [0.15, 0.2) is 11.5 Å². The maximum atomic E-state index is 12.9. The Morgan fingerprint density at radius 2 is 1.93 bits per heavy atom. The second-order valence-electron chi connectivity index (χ2n) is 6.82. The maximum Gasteiger partial charge on any atom is 0.244 e.